The molecule has 0 saturated heterocycles. The molecule has 16 heavy (non-hydrogen) atoms. The predicted molar refractivity (Wildman–Crippen MR) is 54.7 cm³/mol. The summed E-state index contributed by atoms with van der Waals surface area (Å²) in [5, 5.41) is 26.5. The standard InChI is InChI=1S/C10H18O6/c1-5(2)10(3,4)16-9(15)7(12)6(11)8(13)14/h5-7,11-12H,1-4H3,(H,13,14). The van der Waals surface area contributed by atoms with E-state index in [2.05, 4.69) is 0 Å². The molecule has 94 valence electrons. The van der Waals surface area contributed by atoms with E-state index in [4.69, 9.17) is 14.9 Å². The summed E-state index contributed by atoms with van der Waals surface area (Å²) in [6, 6.07) is 0. The Hall–Kier alpha value is -1.14. The van der Waals surface area contributed by atoms with Crippen molar-refractivity contribution in [2.75, 3.05) is 0 Å². The molecule has 0 radical (unpaired) electrons. The first-order valence-corrected chi connectivity index (χ1v) is 4.91. The van der Waals surface area contributed by atoms with Gasteiger partial charge in [-0.15, -0.1) is 0 Å². The minimum atomic E-state index is -2.17. The molecular weight excluding hydrogens is 216 g/mol. The molecule has 0 aromatic carbocycles. The normalized spacial score (nSPS) is 15.7. The smallest absolute Gasteiger partial charge is 0.338 e. The van der Waals surface area contributed by atoms with Gasteiger partial charge in [0.15, 0.2) is 12.2 Å². The molecule has 0 aliphatic rings. The maximum absolute atomic E-state index is 11.3. The molecule has 0 bridgehead atoms. The molecule has 3 N–H and O–H groups in total. The number of aliphatic carboxylic acids is 1. The number of ether oxygens (including phenoxy) is 1. The molecular formula is C10H18O6. The molecule has 0 amide bonds. The zero-order valence-electron chi connectivity index (χ0n) is 9.80. The van der Waals surface area contributed by atoms with Crippen molar-refractivity contribution < 1.29 is 29.6 Å². The number of aliphatic hydroxyl groups is 2. The first-order valence-electron chi connectivity index (χ1n) is 4.91. The first-order chi connectivity index (χ1) is 7.09. The van der Waals surface area contributed by atoms with Crippen molar-refractivity contribution in [1.29, 1.82) is 0 Å². The number of carboxylic acid groups (broad SMARTS) is 1. The molecule has 2 unspecified atom stereocenters. The van der Waals surface area contributed by atoms with Gasteiger partial charge in [0, 0.05) is 0 Å². The lowest BCUT2D eigenvalue weighted by atomic mass is 9.94. The Balaban J connectivity index is 4.54. The van der Waals surface area contributed by atoms with E-state index in [0.717, 1.165) is 0 Å². The quantitative estimate of drug-likeness (QED) is 0.568. The SMILES string of the molecule is CC(C)C(C)(C)OC(=O)C(O)C(O)C(=O)O. The van der Waals surface area contributed by atoms with Gasteiger partial charge in [-0.2, -0.15) is 0 Å². The molecule has 6 heteroatoms. The van der Waals surface area contributed by atoms with E-state index in [0.29, 0.717) is 0 Å². The second-order valence-corrected chi connectivity index (χ2v) is 4.41. The fourth-order valence-electron chi connectivity index (χ4n) is 0.701. The largest absolute Gasteiger partial charge is 0.479 e. The second-order valence-electron chi connectivity index (χ2n) is 4.41. The Bertz CT molecular complexity index is 270. The van der Waals surface area contributed by atoms with E-state index in [1.807, 2.05) is 13.8 Å². The van der Waals surface area contributed by atoms with Gasteiger partial charge in [-0.05, 0) is 19.8 Å². The van der Waals surface area contributed by atoms with E-state index >= 15 is 0 Å². The lowest BCUT2D eigenvalue weighted by Crippen LogP contribution is -2.45. The van der Waals surface area contributed by atoms with Gasteiger partial charge >= 0.3 is 11.9 Å². The van der Waals surface area contributed by atoms with E-state index in [-0.39, 0.29) is 5.92 Å². The van der Waals surface area contributed by atoms with Crippen molar-refractivity contribution in [3.8, 4) is 0 Å². The number of hydrogen-bond acceptors (Lipinski definition) is 5. The van der Waals surface area contributed by atoms with Crippen LogP contribution in [0.15, 0.2) is 0 Å². The number of rotatable bonds is 5. The van der Waals surface area contributed by atoms with Crippen LogP contribution in [-0.2, 0) is 14.3 Å². The van der Waals surface area contributed by atoms with Crippen molar-refractivity contribution >= 4 is 11.9 Å². The lowest BCUT2D eigenvalue weighted by molar-refractivity contribution is -0.182. The highest BCUT2D eigenvalue weighted by Crippen LogP contribution is 2.21. The third-order valence-electron chi connectivity index (χ3n) is 2.55. The van der Waals surface area contributed by atoms with E-state index in [1.54, 1.807) is 13.8 Å². The molecule has 0 saturated carbocycles. The summed E-state index contributed by atoms with van der Waals surface area (Å²) in [7, 11) is 0. The van der Waals surface area contributed by atoms with E-state index in [1.165, 1.54) is 0 Å². The molecule has 0 aliphatic carbocycles. The van der Waals surface area contributed by atoms with Crippen molar-refractivity contribution in [2.24, 2.45) is 5.92 Å². The average Bonchev–Trinajstić information content (AvgIpc) is 2.14. The topological polar surface area (TPSA) is 104 Å². The highest BCUT2D eigenvalue weighted by molar-refractivity contribution is 5.84. The van der Waals surface area contributed by atoms with Gasteiger partial charge in [0.25, 0.3) is 0 Å². The van der Waals surface area contributed by atoms with Gasteiger partial charge in [0.2, 0.25) is 0 Å². The molecule has 2 atom stereocenters. The Kier molecular flexibility index (Phi) is 4.89. The number of carbonyl (C=O) groups excluding carboxylic acids is 1. The average molecular weight is 234 g/mol. The maximum atomic E-state index is 11.3. The van der Waals surface area contributed by atoms with Crippen LogP contribution in [0.1, 0.15) is 27.7 Å². The third kappa shape index (κ3) is 3.79. The van der Waals surface area contributed by atoms with Crippen LogP contribution in [-0.4, -0.2) is 45.1 Å². The summed E-state index contributed by atoms with van der Waals surface area (Å²) in [4.78, 5) is 21.6. The Labute approximate surface area is 93.8 Å². The van der Waals surface area contributed by atoms with E-state index in [9.17, 15) is 14.7 Å². The van der Waals surface area contributed by atoms with Crippen molar-refractivity contribution in [3.63, 3.8) is 0 Å². The second kappa shape index (κ2) is 5.27. The van der Waals surface area contributed by atoms with Crippen molar-refractivity contribution in [3.05, 3.63) is 0 Å². The Morgan fingerprint density at radius 3 is 1.88 bits per heavy atom. The van der Waals surface area contributed by atoms with Crippen LogP contribution in [0.3, 0.4) is 0 Å². The maximum Gasteiger partial charge on any atom is 0.338 e. The number of carboxylic acids is 1. The van der Waals surface area contributed by atoms with Crippen LogP contribution in [0, 0.1) is 5.92 Å². The molecule has 0 aromatic rings. The summed E-state index contributed by atoms with van der Waals surface area (Å²) >= 11 is 0. The summed E-state index contributed by atoms with van der Waals surface area (Å²) in [5.41, 5.74) is -0.837. The minimum absolute atomic E-state index is 0.00868. The van der Waals surface area contributed by atoms with Crippen molar-refractivity contribution in [1.82, 2.24) is 0 Å². The minimum Gasteiger partial charge on any atom is -0.479 e. The number of aliphatic hydroxyl groups excluding tert-OH is 2. The van der Waals surface area contributed by atoms with Crippen LogP contribution in [0.25, 0.3) is 0 Å². The summed E-state index contributed by atoms with van der Waals surface area (Å²) in [5.74, 6) is -2.83. The Morgan fingerprint density at radius 1 is 1.12 bits per heavy atom. The van der Waals surface area contributed by atoms with Crippen LogP contribution in [0.4, 0.5) is 0 Å². The van der Waals surface area contributed by atoms with Gasteiger partial charge in [0.1, 0.15) is 5.60 Å². The molecule has 0 spiro atoms. The lowest BCUT2D eigenvalue weighted by Gasteiger charge is -2.30. The highest BCUT2D eigenvalue weighted by atomic mass is 16.6. The van der Waals surface area contributed by atoms with Crippen LogP contribution < -0.4 is 0 Å². The van der Waals surface area contributed by atoms with Gasteiger partial charge in [-0.1, -0.05) is 13.8 Å². The molecule has 0 aromatic heterocycles. The van der Waals surface area contributed by atoms with Gasteiger partial charge < -0.3 is 20.1 Å². The fourth-order valence-corrected chi connectivity index (χ4v) is 0.701. The zero-order valence-corrected chi connectivity index (χ0v) is 9.80. The number of carbonyl (C=O) groups is 2. The monoisotopic (exact) mass is 234 g/mol. The molecule has 0 aliphatic heterocycles. The summed E-state index contributed by atoms with van der Waals surface area (Å²) in [6.45, 7) is 6.89. The van der Waals surface area contributed by atoms with Crippen LogP contribution >= 0.6 is 0 Å². The fraction of sp³-hybridized carbons (Fsp3) is 0.800. The molecule has 0 rings (SSSR count). The number of hydrogen-bond donors (Lipinski definition) is 3. The van der Waals surface area contributed by atoms with Crippen LogP contribution in [0.5, 0.6) is 0 Å². The first kappa shape index (κ1) is 14.9. The van der Waals surface area contributed by atoms with E-state index < -0.39 is 29.7 Å². The van der Waals surface area contributed by atoms with Crippen LogP contribution in [0.2, 0.25) is 0 Å². The predicted octanol–water partition coefficient (Wildman–Crippen LogP) is -0.229. The number of esters is 1. The zero-order chi connectivity index (χ0) is 13.1. The third-order valence-corrected chi connectivity index (χ3v) is 2.55. The van der Waals surface area contributed by atoms with Gasteiger partial charge in [-0.25, -0.2) is 9.59 Å². The highest BCUT2D eigenvalue weighted by Gasteiger charge is 2.36. The van der Waals surface area contributed by atoms with Gasteiger partial charge in [0.05, 0.1) is 0 Å². The molecule has 6 nitrogen and oxygen atoms in total. The molecule has 0 fully saturated rings. The van der Waals surface area contributed by atoms with Crippen molar-refractivity contribution in [2.45, 2.75) is 45.5 Å². The molecule has 0 heterocycles. The summed E-state index contributed by atoms with van der Waals surface area (Å²) in [6.07, 6.45) is -4.24. The van der Waals surface area contributed by atoms with Gasteiger partial charge in [-0.3, -0.25) is 0 Å². The summed E-state index contributed by atoms with van der Waals surface area (Å²) < 4.78 is 4.92. The Morgan fingerprint density at radius 2 is 1.56 bits per heavy atom.